The fraction of sp³-hybridized carbons (Fsp3) is 0.500. The van der Waals surface area contributed by atoms with Crippen molar-refractivity contribution < 1.29 is 28.6 Å². The summed E-state index contributed by atoms with van der Waals surface area (Å²) in [5.74, 6) is 0.465. The van der Waals surface area contributed by atoms with Crippen LogP contribution in [0.25, 0.3) is 6.08 Å². The molecule has 1 fully saturated rings. The van der Waals surface area contributed by atoms with Crippen molar-refractivity contribution in [1.29, 1.82) is 0 Å². The molecule has 0 bridgehead atoms. The van der Waals surface area contributed by atoms with E-state index in [0.717, 1.165) is 16.7 Å². The predicted octanol–water partition coefficient (Wildman–Crippen LogP) is 4.50. The number of carbonyl (C=O) groups excluding carboxylic acids is 3. The summed E-state index contributed by atoms with van der Waals surface area (Å²) in [6.07, 6.45) is 2.01. The van der Waals surface area contributed by atoms with Crippen LogP contribution in [0.4, 0.5) is 4.79 Å². The molecular formula is C22H29NO6S. The van der Waals surface area contributed by atoms with E-state index in [1.807, 2.05) is 13.8 Å². The number of carbonyl (C=O) groups is 3. The van der Waals surface area contributed by atoms with E-state index in [1.54, 1.807) is 31.2 Å². The van der Waals surface area contributed by atoms with E-state index >= 15 is 0 Å². The van der Waals surface area contributed by atoms with Gasteiger partial charge in [0.05, 0.1) is 24.2 Å². The Labute approximate surface area is 181 Å². The number of amides is 2. The Morgan fingerprint density at radius 2 is 1.87 bits per heavy atom. The standard InChI is InChI=1S/C22H29NO6S/c1-6-15(5)29-20(24)12-23-21(25)19(30-22(23)26)11-16-8-9-17(28-13-14(3)4)18(10-16)27-7-2/h8-11,14-15H,6-7,12-13H2,1-5H3/b19-11-/t15-/m0/s1. The number of thioether (sulfide) groups is 1. The zero-order valence-electron chi connectivity index (χ0n) is 18.1. The van der Waals surface area contributed by atoms with Gasteiger partial charge >= 0.3 is 5.97 Å². The molecule has 1 aromatic carbocycles. The Bertz CT molecular complexity index is 820. The summed E-state index contributed by atoms with van der Waals surface area (Å²) in [5, 5.41) is -0.491. The van der Waals surface area contributed by atoms with Crippen LogP contribution < -0.4 is 9.47 Å². The summed E-state index contributed by atoms with van der Waals surface area (Å²) in [6.45, 7) is 10.3. The van der Waals surface area contributed by atoms with Gasteiger partial charge in [0.2, 0.25) is 0 Å². The number of esters is 1. The maximum absolute atomic E-state index is 12.6. The highest BCUT2D eigenvalue weighted by Crippen LogP contribution is 2.34. The number of benzene rings is 1. The molecule has 1 aliphatic rings. The highest BCUT2D eigenvalue weighted by molar-refractivity contribution is 8.18. The highest BCUT2D eigenvalue weighted by atomic mass is 32.2. The second-order valence-corrected chi connectivity index (χ2v) is 8.31. The predicted molar refractivity (Wildman–Crippen MR) is 116 cm³/mol. The van der Waals surface area contributed by atoms with Crippen LogP contribution in [0.1, 0.15) is 46.6 Å². The maximum Gasteiger partial charge on any atom is 0.326 e. The molecule has 8 heteroatoms. The SMILES string of the molecule is CCOc1cc(/C=C2\SC(=O)N(CC(=O)O[C@@H](C)CC)C2=O)ccc1OCC(C)C. The first kappa shape index (κ1) is 23.8. The highest BCUT2D eigenvalue weighted by Gasteiger charge is 2.36. The minimum atomic E-state index is -0.599. The molecule has 1 saturated heterocycles. The average molecular weight is 436 g/mol. The second-order valence-electron chi connectivity index (χ2n) is 7.32. The third-order valence-electron chi connectivity index (χ3n) is 4.21. The summed E-state index contributed by atoms with van der Waals surface area (Å²) in [7, 11) is 0. The Balaban J connectivity index is 2.16. The van der Waals surface area contributed by atoms with Gasteiger partial charge in [-0.2, -0.15) is 0 Å². The lowest BCUT2D eigenvalue weighted by Gasteiger charge is -2.15. The molecule has 7 nitrogen and oxygen atoms in total. The van der Waals surface area contributed by atoms with E-state index in [4.69, 9.17) is 14.2 Å². The lowest BCUT2D eigenvalue weighted by Crippen LogP contribution is -2.35. The van der Waals surface area contributed by atoms with E-state index < -0.39 is 23.7 Å². The second kappa shape index (κ2) is 11.1. The molecule has 30 heavy (non-hydrogen) atoms. The van der Waals surface area contributed by atoms with Gasteiger partial charge in [-0.05, 0) is 61.7 Å². The molecular weight excluding hydrogens is 406 g/mol. The zero-order valence-corrected chi connectivity index (χ0v) is 18.9. The van der Waals surface area contributed by atoms with Gasteiger partial charge in [0, 0.05) is 0 Å². The number of rotatable bonds is 10. The van der Waals surface area contributed by atoms with Gasteiger partial charge in [-0.15, -0.1) is 0 Å². The smallest absolute Gasteiger partial charge is 0.326 e. The van der Waals surface area contributed by atoms with Crippen LogP contribution in [0.15, 0.2) is 23.1 Å². The number of nitrogens with zero attached hydrogens (tertiary/aromatic N) is 1. The van der Waals surface area contributed by atoms with Crippen molar-refractivity contribution in [2.24, 2.45) is 5.92 Å². The number of hydrogen-bond acceptors (Lipinski definition) is 7. The monoisotopic (exact) mass is 435 g/mol. The van der Waals surface area contributed by atoms with Crippen LogP contribution in [0, 0.1) is 5.92 Å². The normalized spacial score (nSPS) is 16.3. The average Bonchev–Trinajstić information content (AvgIpc) is 2.94. The van der Waals surface area contributed by atoms with E-state index in [2.05, 4.69) is 13.8 Å². The van der Waals surface area contributed by atoms with Crippen molar-refractivity contribution in [3.05, 3.63) is 28.7 Å². The molecule has 0 spiro atoms. The third-order valence-corrected chi connectivity index (χ3v) is 5.11. The van der Waals surface area contributed by atoms with E-state index in [0.29, 0.717) is 42.6 Å². The Kier molecular flexibility index (Phi) is 8.77. The molecule has 2 rings (SSSR count). The molecule has 0 saturated carbocycles. The number of ether oxygens (including phenoxy) is 3. The fourth-order valence-corrected chi connectivity index (χ4v) is 3.36. The van der Waals surface area contributed by atoms with Crippen LogP contribution in [0.2, 0.25) is 0 Å². The van der Waals surface area contributed by atoms with Crippen molar-refractivity contribution in [1.82, 2.24) is 4.90 Å². The first-order valence-electron chi connectivity index (χ1n) is 10.1. The van der Waals surface area contributed by atoms with Crippen molar-refractivity contribution >= 4 is 35.0 Å². The van der Waals surface area contributed by atoms with Crippen LogP contribution in [-0.4, -0.2) is 47.9 Å². The summed E-state index contributed by atoms with van der Waals surface area (Å²) in [5.41, 5.74) is 0.697. The first-order valence-corrected chi connectivity index (χ1v) is 10.9. The molecule has 1 atom stereocenters. The lowest BCUT2D eigenvalue weighted by atomic mass is 10.1. The Morgan fingerprint density at radius 3 is 2.50 bits per heavy atom. The molecule has 0 unspecified atom stereocenters. The summed E-state index contributed by atoms with van der Waals surface area (Å²) in [6, 6.07) is 5.35. The van der Waals surface area contributed by atoms with Gasteiger partial charge < -0.3 is 14.2 Å². The van der Waals surface area contributed by atoms with E-state index in [-0.39, 0.29) is 11.0 Å². The largest absolute Gasteiger partial charge is 0.490 e. The quantitative estimate of drug-likeness (QED) is 0.395. The number of imide groups is 1. The molecule has 0 aliphatic carbocycles. The van der Waals surface area contributed by atoms with Gasteiger partial charge in [-0.3, -0.25) is 19.3 Å². The Morgan fingerprint density at radius 1 is 1.13 bits per heavy atom. The van der Waals surface area contributed by atoms with Crippen LogP contribution in [-0.2, 0) is 14.3 Å². The molecule has 0 N–H and O–H groups in total. The summed E-state index contributed by atoms with van der Waals surface area (Å²) < 4.78 is 16.6. The van der Waals surface area contributed by atoms with Crippen molar-refractivity contribution in [2.45, 2.75) is 47.1 Å². The third kappa shape index (κ3) is 6.52. The van der Waals surface area contributed by atoms with Crippen molar-refractivity contribution in [2.75, 3.05) is 19.8 Å². The molecule has 2 amide bonds. The molecule has 1 aromatic rings. The lowest BCUT2D eigenvalue weighted by molar-refractivity contribution is -0.150. The molecule has 164 valence electrons. The minimum absolute atomic E-state index is 0.245. The Hall–Kier alpha value is -2.48. The van der Waals surface area contributed by atoms with E-state index in [1.165, 1.54) is 0 Å². The minimum Gasteiger partial charge on any atom is -0.490 e. The zero-order chi connectivity index (χ0) is 22.3. The maximum atomic E-state index is 12.6. The van der Waals surface area contributed by atoms with Crippen LogP contribution in [0.3, 0.4) is 0 Å². The van der Waals surface area contributed by atoms with E-state index in [9.17, 15) is 14.4 Å². The molecule has 0 radical (unpaired) electrons. The number of hydrogen-bond donors (Lipinski definition) is 0. The van der Waals surface area contributed by atoms with Gasteiger partial charge in [0.25, 0.3) is 11.1 Å². The summed E-state index contributed by atoms with van der Waals surface area (Å²) in [4.78, 5) is 38.0. The van der Waals surface area contributed by atoms with Gasteiger partial charge in [0.1, 0.15) is 6.54 Å². The van der Waals surface area contributed by atoms with Crippen LogP contribution >= 0.6 is 11.8 Å². The topological polar surface area (TPSA) is 82.1 Å². The van der Waals surface area contributed by atoms with Gasteiger partial charge in [-0.25, -0.2) is 0 Å². The van der Waals surface area contributed by atoms with Gasteiger partial charge in [0.15, 0.2) is 11.5 Å². The fourth-order valence-electron chi connectivity index (χ4n) is 2.52. The van der Waals surface area contributed by atoms with Crippen molar-refractivity contribution in [3.63, 3.8) is 0 Å². The molecule has 0 aromatic heterocycles. The first-order chi connectivity index (χ1) is 14.2. The summed E-state index contributed by atoms with van der Waals surface area (Å²) >= 11 is 0.800. The van der Waals surface area contributed by atoms with Crippen molar-refractivity contribution in [3.8, 4) is 11.5 Å². The molecule has 1 aliphatic heterocycles. The molecule has 1 heterocycles. The van der Waals surface area contributed by atoms with Crippen LogP contribution in [0.5, 0.6) is 11.5 Å². The van der Waals surface area contributed by atoms with Gasteiger partial charge in [-0.1, -0.05) is 26.8 Å².